The summed E-state index contributed by atoms with van der Waals surface area (Å²) >= 11 is 6.00. The lowest BCUT2D eigenvalue weighted by atomic mass is 10.1. The van der Waals surface area contributed by atoms with Crippen LogP contribution in [-0.4, -0.2) is 41.1 Å². The Bertz CT molecular complexity index is 405. The van der Waals surface area contributed by atoms with Crippen LogP contribution in [0.3, 0.4) is 0 Å². The summed E-state index contributed by atoms with van der Waals surface area (Å²) in [6, 6.07) is 0. The topological polar surface area (TPSA) is 38.2 Å². The normalized spacial score (nSPS) is 12.0. The van der Waals surface area contributed by atoms with E-state index in [0.717, 1.165) is 11.4 Å². The number of aryl methyl sites for hydroxylation is 2. The van der Waals surface area contributed by atoms with E-state index in [1.807, 2.05) is 27.9 Å². The molecule has 4 nitrogen and oxygen atoms in total. The molecular weight excluding hydrogens is 238 g/mol. The summed E-state index contributed by atoms with van der Waals surface area (Å²) in [6.07, 6.45) is 0. The molecule has 0 aliphatic carbocycles. The maximum absolute atomic E-state index is 6.00. The van der Waals surface area contributed by atoms with Crippen LogP contribution in [0, 0.1) is 13.8 Å². The van der Waals surface area contributed by atoms with Gasteiger partial charge in [0.25, 0.3) is 5.88 Å². The third kappa shape index (κ3) is 3.54. The largest absolute Gasteiger partial charge is 0.474 e. The molecule has 96 valence electrons. The zero-order valence-corrected chi connectivity index (χ0v) is 12.1. The second-order valence-electron chi connectivity index (χ2n) is 4.99. The SMILES string of the molecule is Cc1nc(Cl)c(OCC(C)(C)N(C)C)nc1C. The van der Waals surface area contributed by atoms with E-state index in [-0.39, 0.29) is 5.54 Å². The Balaban J connectivity index is 2.80. The molecule has 0 unspecified atom stereocenters. The maximum Gasteiger partial charge on any atom is 0.252 e. The van der Waals surface area contributed by atoms with Crippen LogP contribution in [0.5, 0.6) is 5.88 Å². The number of rotatable bonds is 4. The van der Waals surface area contributed by atoms with Crippen molar-refractivity contribution >= 4 is 11.6 Å². The molecule has 0 saturated carbocycles. The molecule has 0 amide bonds. The lowest BCUT2D eigenvalue weighted by molar-refractivity contribution is 0.110. The summed E-state index contributed by atoms with van der Waals surface area (Å²) in [5, 5.41) is 0.322. The molecule has 0 saturated heterocycles. The van der Waals surface area contributed by atoms with E-state index in [2.05, 4.69) is 28.7 Å². The van der Waals surface area contributed by atoms with Crippen LogP contribution in [0.25, 0.3) is 0 Å². The third-order valence-corrected chi connectivity index (χ3v) is 3.25. The molecule has 5 heteroatoms. The zero-order valence-electron chi connectivity index (χ0n) is 11.3. The van der Waals surface area contributed by atoms with Crippen molar-refractivity contribution in [2.24, 2.45) is 0 Å². The quantitative estimate of drug-likeness (QED) is 0.831. The lowest BCUT2D eigenvalue weighted by Gasteiger charge is -2.31. The molecule has 0 atom stereocenters. The fourth-order valence-corrected chi connectivity index (χ4v) is 1.24. The Labute approximate surface area is 108 Å². The maximum atomic E-state index is 6.00. The van der Waals surface area contributed by atoms with Gasteiger partial charge in [0.2, 0.25) is 0 Å². The first-order valence-corrected chi connectivity index (χ1v) is 5.93. The lowest BCUT2D eigenvalue weighted by Crippen LogP contribution is -2.43. The van der Waals surface area contributed by atoms with Gasteiger partial charge in [-0.2, -0.15) is 0 Å². The fourth-order valence-electron chi connectivity index (χ4n) is 1.02. The van der Waals surface area contributed by atoms with Crippen LogP contribution in [0.1, 0.15) is 25.2 Å². The Morgan fingerprint density at radius 1 is 1.18 bits per heavy atom. The molecule has 1 aromatic rings. The highest BCUT2D eigenvalue weighted by Crippen LogP contribution is 2.22. The number of nitrogens with zero attached hydrogens (tertiary/aromatic N) is 3. The van der Waals surface area contributed by atoms with Gasteiger partial charge >= 0.3 is 0 Å². The molecule has 0 aliphatic rings. The van der Waals surface area contributed by atoms with Crippen molar-refractivity contribution in [3.8, 4) is 5.88 Å². The minimum Gasteiger partial charge on any atom is -0.474 e. The van der Waals surface area contributed by atoms with E-state index < -0.39 is 0 Å². The Morgan fingerprint density at radius 2 is 1.71 bits per heavy atom. The van der Waals surface area contributed by atoms with Gasteiger partial charge in [-0.05, 0) is 41.8 Å². The molecule has 1 aromatic heterocycles. The molecule has 1 rings (SSSR count). The summed E-state index contributed by atoms with van der Waals surface area (Å²) in [7, 11) is 4.02. The summed E-state index contributed by atoms with van der Waals surface area (Å²) in [5.74, 6) is 0.407. The van der Waals surface area contributed by atoms with Gasteiger partial charge in [0.05, 0.1) is 11.4 Å². The number of aromatic nitrogens is 2. The Kier molecular flexibility index (Phi) is 4.33. The smallest absolute Gasteiger partial charge is 0.252 e. The van der Waals surface area contributed by atoms with Gasteiger partial charge in [0.1, 0.15) is 6.61 Å². The van der Waals surface area contributed by atoms with Gasteiger partial charge in [-0.1, -0.05) is 11.6 Å². The van der Waals surface area contributed by atoms with Crippen molar-refractivity contribution in [3.63, 3.8) is 0 Å². The van der Waals surface area contributed by atoms with Crippen molar-refractivity contribution in [2.75, 3.05) is 20.7 Å². The van der Waals surface area contributed by atoms with Crippen LogP contribution < -0.4 is 4.74 Å². The average Bonchev–Trinajstić information content (AvgIpc) is 2.21. The van der Waals surface area contributed by atoms with Gasteiger partial charge in [0.15, 0.2) is 5.15 Å². The van der Waals surface area contributed by atoms with Crippen LogP contribution in [0.4, 0.5) is 0 Å². The number of hydrogen-bond donors (Lipinski definition) is 0. The minimum absolute atomic E-state index is 0.0796. The second kappa shape index (κ2) is 5.19. The Morgan fingerprint density at radius 3 is 2.24 bits per heavy atom. The van der Waals surface area contributed by atoms with Gasteiger partial charge in [0, 0.05) is 5.54 Å². The summed E-state index contributed by atoms with van der Waals surface area (Å²) in [5.41, 5.74) is 1.59. The number of halogens is 1. The molecule has 0 aliphatic heterocycles. The predicted molar refractivity (Wildman–Crippen MR) is 69.8 cm³/mol. The molecule has 1 heterocycles. The monoisotopic (exact) mass is 257 g/mol. The van der Waals surface area contributed by atoms with E-state index in [1.165, 1.54) is 0 Å². The standard InChI is InChI=1S/C12H20ClN3O/c1-8-9(2)15-11(10(13)14-8)17-7-12(3,4)16(5)6/h7H2,1-6H3. The second-order valence-corrected chi connectivity index (χ2v) is 5.34. The molecule has 0 radical (unpaired) electrons. The highest BCUT2D eigenvalue weighted by molar-refractivity contribution is 6.30. The van der Waals surface area contributed by atoms with Gasteiger partial charge in [-0.15, -0.1) is 0 Å². The van der Waals surface area contributed by atoms with E-state index in [0.29, 0.717) is 17.6 Å². The summed E-state index contributed by atoms with van der Waals surface area (Å²) in [4.78, 5) is 10.6. The molecule has 0 N–H and O–H groups in total. The van der Waals surface area contributed by atoms with E-state index in [1.54, 1.807) is 0 Å². The van der Waals surface area contributed by atoms with Crippen LogP contribution in [-0.2, 0) is 0 Å². The molecule has 17 heavy (non-hydrogen) atoms. The molecule has 0 fully saturated rings. The molecular formula is C12H20ClN3O. The zero-order chi connectivity index (χ0) is 13.2. The molecule has 0 spiro atoms. The van der Waals surface area contributed by atoms with Crippen LogP contribution in [0.15, 0.2) is 0 Å². The third-order valence-electron chi connectivity index (χ3n) is 3.01. The highest BCUT2D eigenvalue weighted by atomic mass is 35.5. The number of ether oxygens (including phenoxy) is 1. The number of likely N-dealkylation sites (N-methyl/N-ethyl adjacent to an activating group) is 1. The van der Waals surface area contributed by atoms with Crippen LogP contribution >= 0.6 is 11.6 Å². The molecule has 0 bridgehead atoms. The van der Waals surface area contributed by atoms with E-state index >= 15 is 0 Å². The van der Waals surface area contributed by atoms with Gasteiger partial charge in [-0.25, -0.2) is 9.97 Å². The van der Waals surface area contributed by atoms with Crippen molar-refractivity contribution in [2.45, 2.75) is 33.2 Å². The predicted octanol–water partition coefficient (Wildman–Crippen LogP) is 2.47. The van der Waals surface area contributed by atoms with E-state index in [9.17, 15) is 0 Å². The summed E-state index contributed by atoms with van der Waals surface area (Å²) in [6.45, 7) is 8.46. The van der Waals surface area contributed by atoms with Crippen molar-refractivity contribution in [1.82, 2.24) is 14.9 Å². The first-order chi connectivity index (χ1) is 7.74. The minimum atomic E-state index is -0.0796. The first-order valence-electron chi connectivity index (χ1n) is 5.55. The highest BCUT2D eigenvalue weighted by Gasteiger charge is 2.22. The first kappa shape index (κ1) is 14.2. The average molecular weight is 258 g/mol. The van der Waals surface area contributed by atoms with Gasteiger partial charge < -0.3 is 9.64 Å². The van der Waals surface area contributed by atoms with E-state index in [4.69, 9.17) is 16.3 Å². The van der Waals surface area contributed by atoms with Gasteiger partial charge in [-0.3, -0.25) is 0 Å². The fraction of sp³-hybridized carbons (Fsp3) is 0.667. The Hall–Kier alpha value is -0.870. The summed E-state index contributed by atoms with van der Waals surface area (Å²) < 4.78 is 5.65. The van der Waals surface area contributed by atoms with Crippen LogP contribution in [0.2, 0.25) is 5.15 Å². The molecule has 0 aromatic carbocycles. The van der Waals surface area contributed by atoms with Crippen molar-refractivity contribution < 1.29 is 4.74 Å². The van der Waals surface area contributed by atoms with Crippen molar-refractivity contribution in [3.05, 3.63) is 16.5 Å². The van der Waals surface area contributed by atoms with Crippen molar-refractivity contribution in [1.29, 1.82) is 0 Å². The number of hydrogen-bond acceptors (Lipinski definition) is 4.